The summed E-state index contributed by atoms with van der Waals surface area (Å²) in [6, 6.07) is 11.5. The molecule has 0 saturated carbocycles. The van der Waals surface area contributed by atoms with Crippen molar-refractivity contribution in [1.29, 1.82) is 5.26 Å². The van der Waals surface area contributed by atoms with Gasteiger partial charge in [0, 0.05) is 6.42 Å². The Hall–Kier alpha value is -1.82. The maximum absolute atomic E-state index is 8.78. The Kier molecular flexibility index (Phi) is 4.22. The van der Waals surface area contributed by atoms with Crippen molar-refractivity contribution in [3.63, 3.8) is 0 Å². The largest absolute Gasteiger partial charge is 0.411 e. The van der Waals surface area contributed by atoms with E-state index in [9.17, 15) is 0 Å². The molecule has 0 bridgehead atoms. The van der Waals surface area contributed by atoms with E-state index >= 15 is 0 Å². The fourth-order valence-corrected chi connectivity index (χ4v) is 1.22. The van der Waals surface area contributed by atoms with Crippen LogP contribution < -0.4 is 0 Å². The first-order chi connectivity index (χ1) is 6.88. The van der Waals surface area contributed by atoms with Gasteiger partial charge in [-0.3, -0.25) is 0 Å². The Morgan fingerprint density at radius 3 is 2.64 bits per heavy atom. The summed E-state index contributed by atoms with van der Waals surface area (Å²) in [5, 5.41) is 20.4. The first kappa shape index (κ1) is 10.3. The summed E-state index contributed by atoms with van der Waals surface area (Å²) in [5.41, 5.74) is 1.55. The van der Waals surface area contributed by atoms with E-state index in [4.69, 9.17) is 10.5 Å². The lowest BCUT2D eigenvalue weighted by Crippen LogP contribution is -2.00. The minimum absolute atomic E-state index is 0.492. The van der Waals surface area contributed by atoms with Gasteiger partial charge in [0.2, 0.25) is 0 Å². The SMILES string of the molecule is N#CCCC/C(=N\O)c1ccccc1. The van der Waals surface area contributed by atoms with E-state index in [-0.39, 0.29) is 0 Å². The molecule has 0 aliphatic carbocycles. The lowest BCUT2D eigenvalue weighted by molar-refractivity contribution is 0.318. The lowest BCUT2D eigenvalue weighted by Gasteiger charge is -2.01. The minimum Gasteiger partial charge on any atom is -0.411 e. The van der Waals surface area contributed by atoms with Gasteiger partial charge in [-0.25, -0.2) is 0 Å². The molecule has 1 rings (SSSR count). The van der Waals surface area contributed by atoms with Gasteiger partial charge >= 0.3 is 0 Å². The molecule has 1 N–H and O–H groups in total. The zero-order chi connectivity index (χ0) is 10.2. The molecule has 0 radical (unpaired) electrons. The van der Waals surface area contributed by atoms with E-state index in [1.807, 2.05) is 30.3 Å². The average Bonchev–Trinajstić information content (AvgIpc) is 2.26. The van der Waals surface area contributed by atoms with Crippen molar-refractivity contribution < 1.29 is 5.21 Å². The van der Waals surface area contributed by atoms with Crippen LogP contribution in [0.1, 0.15) is 24.8 Å². The molecule has 0 heterocycles. The average molecular weight is 188 g/mol. The molecular formula is C11H12N2O. The summed E-state index contributed by atoms with van der Waals surface area (Å²) in [6.07, 6.45) is 1.85. The fraction of sp³-hybridized carbons (Fsp3) is 0.273. The molecule has 14 heavy (non-hydrogen) atoms. The monoisotopic (exact) mass is 188 g/mol. The van der Waals surface area contributed by atoms with Gasteiger partial charge in [0.05, 0.1) is 11.8 Å². The van der Waals surface area contributed by atoms with Crippen molar-refractivity contribution in [2.75, 3.05) is 0 Å². The molecule has 1 aromatic rings. The van der Waals surface area contributed by atoms with Crippen molar-refractivity contribution in [3.05, 3.63) is 35.9 Å². The van der Waals surface area contributed by atoms with E-state index in [2.05, 4.69) is 11.2 Å². The summed E-state index contributed by atoms with van der Waals surface area (Å²) in [5.74, 6) is 0. The van der Waals surface area contributed by atoms with Crippen molar-refractivity contribution in [2.24, 2.45) is 5.16 Å². The zero-order valence-electron chi connectivity index (χ0n) is 7.85. The zero-order valence-corrected chi connectivity index (χ0v) is 7.85. The molecule has 0 saturated heterocycles. The van der Waals surface area contributed by atoms with E-state index < -0.39 is 0 Å². The molecule has 0 unspecified atom stereocenters. The standard InChI is InChI=1S/C11H12N2O/c12-9-5-4-8-11(13-14)10-6-2-1-3-7-10/h1-3,6-7,14H,4-5,8H2/b13-11+. The summed E-state index contributed by atoms with van der Waals surface area (Å²) in [6.45, 7) is 0. The molecule has 3 heteroatoms. The third kappa shape index (κ3) is 2.91. The summed E-state index contributed by atoms with van der Waals surface area (Å²) in [4.78, 5) is 0. The third-order valence-electron chi connectivity index (χ3n) is 1.93. The molecule has 72 valence electrons. The van der Waals surface area contributed by atoms with Crippen LogP contribution in [0.15, 0.2) is 35.5 Å². The van der Waals surface area contributed by atoms with Crippen molar-refractivity contribution in [3.8, 4) is 6.07 Å². The number of nitrogens with zero attached hydrogens (tertiary/aromatic N) is 2. The van der Waals surface area contributed by atoms with Gasteiger partial charge < -0.3 is 5.21 Å². The predicted octanol–water partition coefficient (Wildman–Crippen LogP) is 2.56. The second kappa shape index (κ2) is 5.76. The van der Waals surface area contributed by atoms with Crippen molar-refractivity contribution >= 4 is 5.71 Å². The number of unbranched alkanes of at least 4 members (excludes halogenated alkanes) is 1. The fourth-order valence-electron chi connectivity index (χ4n) is 1.22. The molecular weight excluding hydrogens is 176 g/mol. The van der Waals surface area contributed by atoms with Crippen LogP contribution in [0, 0.1) is 11.3 Å². The molecule has 0 amide bonds. The number of oxime groups is 1. The smallest absolute Gasteiger partial charge is 0.0868 e. The van der Waals surface area contributed by atoms with Gasteiger partial charge in [-0.2, -0.15) is 5.26 Å². The van der Waals surface area contributed by atoms with Gasteiger partial charge in [0.1, 0.15) is 0 Å². The maximum Gasteiger partial charge on any atom is 0.0868 e. The van der Waals surface area contributed by atoms with E-state index in [1.165, 1.54) is 0 Å². The Morgan fingerprint density at radius 1 is 1.36 bits per heavy atom. The topological polar surface area (TPSA) is 56.4 Å². The van der Waals surface area contributed by atoms with Crippen LogP contribution in [-0.4, -0.2) is 10.9 Å². The molecule has 3 nitrogen and oxygen atoms in total. The molecule has 0 fully saturated rings. The highest BCUT2D eigenvalue weighted by molar-refractivity contribution is 6.00. The highest BCUT2D eigenvalue weighted by Gasteiger charge is 2.02. The van der Waals surface area contributed by atoms with Gasteiger partial charge in [-0.05, 0) is 18.4 Å². The highest BCUT2D eigenvalue weighted by Crippen LogP contribution is 2.07. The van der Waals surface area contributed by atoms with Crippen molar-refractivity contribution in [2.45, 2.75) is 19.3 Å². The van der Waals surface area contributed by atoms with Crippen LogP contribution in [0.2, 0.25) is 0 Å². The second-order valence-corrected chi connectivity index (χ2v) is 2.92. The van der Waals surface area contributed by atoms with Crippen LogP contribution in [-0.2, 0) is 0 Å². The minimum atomic E-state index is 0.492. The Bertz CT molecular complexity index is 338. The maximum atomic E-state index is 8.78. The van der Waals surface area contributed by atoms with Crippen LogP contribution in [0.5, 0.6) is 0 Å². The molecule has 1 aromatic carbocycles. The Labute approximate surface area is 83.3 Å². The van der Waals surface area contributed by atoms with Gasteiger partial charge in [0.25, 0.3) is 0 Å². The normalized spacial score (nSPS) is 10.9. The quantitative estimate of drug-likeness (QED) is 0.341. The summed E-state index contributed by atoms with van der Waals surface area (Å²) >= 11 is 0. The van der Waals surface area contributed by atoms with Crippen LogP contribution in [0.25, 0.3) is 0 Å². The number of rotatable bonds is 4. The van der Waals surface area contributed by atoms with E-state index in [0.29, 0.717) is 18.6 Å². The van der Waals surface area contributed by atoms with Crippen LogP contribution >= 0.6 is 0 Å². The third-order valence-corrected chi connectivity index (χ3v) is 1.93. The predicted molar refractivity (Wildman–Crippen MR) is 54.2 cm³/mol. The van der Waals surface area contributed by atoms with Gasteiger partial charge in [-0.15, -0.1) is 0 Å². The molecule has 0 spiro atoms. The van der Waals surface area contributed by atoms with Gasteiger partial charge in [0.15, 0.2) is 0 Å². The Morgan fingerprint density at radius 2 is 2.07 bits per heavy atom. The first-order valence-corrected chi connectivity index (χ1v) is 4.52. The highest BCUT2D eigenvalue weighted by atomic mass is 16.4. The summed E-state index contributed by atoms with van der Waals surface area (Å²) in [7, 11) is 0. The molecule has 0 aliphatic heterocycles. The first-order valence-electron chi connectivity index (χ1n) is 4.52. The van der Waals surface area contributed by atoms with Crippen LogP contribution in [0.4, 0.5) is 0 Å². The second-order valence-electron chi connectivity index (χ2n) is 2.92. The molecule has 0 atom stereocenters. The Balaban J connectivity index is 2.61. The number of hydrogen-bond donors (Lipinski definition) is 1. The number of hydrogen-bond acceptors (Lipinski definition) is 3. The van der Waals surface area contributed by atoms with E-state index in [1.54, 1.807) is 0 Å². The van der Waals surface area contributed by atoms with E-state index in [0.717, 1.165) is 12.0 Å². The van der Waals surface area contributed by atoms with Crippen molar-refractivity contribution in [1.82, 2.24) is 0 Å². The number of benzene rings is 1. The number of nitriles is 1. The summed E-state index contributed by atoms with van der Waals surface area (Å²) < 4.78 is 0. The molecule has 0 aromatic heterocycles. The molecule has 0 aliphatic rings. The van der Waals surface area contributed by atoms with Gasteiger partial charge in [-0.1, -0.05) is 35.5 Å². The lowest BCUT2D eigenvalue weighted by atomic mass is 10.1. The van der Waals surface area contributed by atoms with Crippen LogP contribution in [0.3, 0.4) is 0 Å².